The van der Waals surface area contributed by atoms with Crippen molar-refractivity contribution < 1.29 is 4.74 Å². The summed E-state index contributed by atoms with van der Waals surface area (Å²) < 4.78 is 5.38. The molecule has 0 bridgehead atoms. The minimum Gasteiger partial charge on any atom is -0.380 e. The minimum absolute atomic E-state index is 0.745. The molecule has 78 valence electrons. The zero-order valence-corrected chi connectivity index (χ0v) is 9.25. The lowest BCUT2D eigenvalue weighted by atomic mass is 9.92. The van der Waals surface area contributed by atoms with E-state index in [0.29, 0.717) is 0 Å². The van der Waals surface area contributed by atoms with Crippen LogP contribution in [0.5, 0.6) is 0 Å². The van der Waals surface area contributed by atoms with Gasteiger partial charge >= 0.3 is 0 Å². The summed E-state index contributed by atoms with van der Waals surface area (Å²) in [5, 5.41) is 0. The van der Waals surface area contributed by atoms with E-state index < -0.39 is 0 Å². The van der Waals surface area contributed by atoms with Gasteiger partial charge in [0.2, 0.25) is 0 Å². The van der Waals surface area contributed by atoms with Crippen LogP contribution in [0.25, 0.3) is 0 Å². The quantitative estimate of drug-likeness (QED) is 0.622. The predicted octanol–water partition coefficient (Wildman–Crippen LogP) is 2.14. The van der Waals surface area contributed by atoms with Crippen LogP contribution in [0.1, 0.15) is 33.6 Å². The molecule has 1 fully saturated rings. The topological polar surface area (TPSA) is 12.5 Å². The van der Waals surface area contributed by atoms with Crippen molar-refractivity contribution in [3.63, 3.8) is 0 Å². The van der Waals surface area contributed by atoms with Gasteiger partial charge in [-0.05, 0) is 39.2 Å². The highest BCUT2D eigenvalue weighted by Crippen LogP contribution is 2.22. The van der Waals surface area contributed by atoms with Crippen molar-refractivity contribution in [1.29, 1.82) is 0 Å². The first kappa shape index (κ1) is 11.0. The highest BCUT2D eigenvalue weighted by molar-refractivity contribution is 4.78. The maximum absolute atomic E-state index is 5.38. The summed E-state index contributed by atoms with van der Waals surface area (Å²) >= 11 is 0. The summed E-state index contributed by atoms with van der Waals surface area (Å²) in [7, 11) is 0. The van der Waals surface area contributed by atoms with E-state index >= 15 is 0 Å². The Morgan fingerprint density at radius 2 is 2.15 bits per heavy atom. The van der Waals surface area contributed by atoms with Gasteiger partial charge in [-0.3, -0.25) is 4.90 Å². The summed E-state index contributed by atoms with van der Waals surface area (Å²) in [6.07, 6.45) is 2.75. The number of nitrogens with zero attached hydrogens (tertiary/aromatic N) is 1. The number of likely N-dealkylation sites (tertiary alicyclic amines) is 1. The van der Waals surface area contributed by atoms with Crippen LogP contribution in [0.4, 0.5) is 0 Å². The van der Waals surface area contributed by atoms with Gasteiger partial charge in [0.1, 0.15) is 0 Å². The highest BCUT2D eigenvalue weighted by atomic mass is 16.5. The van der Waals surface area contributed by atoms with Crippen LogP contribution in [0, 0.1) is 5.92 Å². The second-order valence-electron chi connectivity index (χ2n) is 4.09. The molecular weight excluding hydrogens is 162 g/mol. The van der Waals surface area contributed by atoms with Crippen LogP contribution in [0.15, 0.2) is 0 Å². The Balaban J connectivity index is 2.23. The molecule has 0 aromatic heterocycles. The summed E-state index contributed by atoms with van der Waals surface area (Å²) in [4.78, 5) is 2.56. The van der Waals surface area contributed by atoms with Crippen LogP contribution < -0.4 is 0 Å². The largest absolute Gasteiger partial charge is 0.380 e. The van der Waals surface area contributed by atoms with Gasteiger partial charge in [0.25, 0.3) is 0 Å². The van der Waals surface area contributed by atoms with Crippen molar-refractivity contribution >= 4 is 0 Å². The minimum atomic E-state index is 0.745. The van der Waals surface area contributed by atoms with E-state index in [9.17, 15) is 0 Å². The molecule has 0 amide bonds. The molecule has 1 saturated heterocycles. The van der Waals surface area contributed by atoms with Crippen molar-refractivity contribution in [2.45, 2.75) is 39.7 Å². The first-order valence-electron chi connectivity index (χ1n) is 5.57. The molecule has 1 rings (SSSR count). The van der Waals surface area contributed by atoms with Crippen molar-refractivity contribution in [2.75, 3.05) is 26.3 Å². The van der Waals surface area contributed by atoms with Crippen molar-refractivity contribution in [3.8, 4) is 0 Å². The van der Waals surface area contributed by atoms with Gasteiger partial charge in [0.05, 0.1) is 6.61 Å². The van der Waals surface area contributed by atoms with Crippen molar-refractivity contribution in [2.24, 2.45) is 5.92 Å². The van der Waals surface area contributed by atoms with Crippen LogP contribution >= 0.6 is 0 Å². The summed E-state index contributed by atoms with van der Waals surface area (Å²) in [5.41, 5.74) is 0. The Labute approximate surface area is 82.3 Å². The molecule has 0 spiro atoms. The maximum Gasteiger partial charge on any atom is 0.0593 e. The zero-order chi connectivity index (χ0) is 9.68. The number of ether oxygens (including phenoxy) is 1. The van der Waals surface area contributed by atoms with E-state index in [0.717, 1.165) is 31.7 Å². The van der Waals surface area contributed by atoms with Gasteiger partial charge in [-0.25, -0.2) is 0 Å². The highest BCUT2D eigenvalue weighted by Gasteiger charge is 2.23. The van der Waals surface area contributed by atoms with Crippen LogP contribution in [0.2, 0.25) is 0 Å². The van der Waals surface area contributed by atoms with Crippen molar-refractivity contribution in [3.05, 3.63) is 0 Å². The van der Waals surface area contributed by atoms with Gasteiger partial charge in [-0.15, -0.1) is 0 Å². The second-order valence-corrected chi connectivity index (χ2v) is 4.09. The Kier molecular flexibility index (Phi) is 4.74. The van der Waals surface area contributed by atoms with Gasteiger partial charge in [0.15, 0.2) is 0 Å². The molecular formula is C11H23NO. The number of rotatable bonds is 4. The fraction of sp³-hybridized carbons (Fsp3) is 1.00. The van der Waals surface area contributed by atoms with Gasteiger partial charge in [-0.1, -0.05) is 6.92 Å². The molecule has 13 heavy (non-hydrogen) atoms. The fourth-order valence-electron chi connectivity index (χ4n) is 2.06. The van der Waals surface area contributed by atoms with Crippen molar-refractivity contribution in [1.82, 2.24) is 4.90 Å². The second kappa shape index (κ2) is 5.61. The van der Waals surface area contributed by atoms with E-state index in [1.165, 1.54) is 19.4 Å². The summed E-state index contributed by atoms with van der Waals surface area (Å²) in [6.45, 7) is 10.9. The lowest BCUT2D eigenvalue weighted by Gasteiger charge is -2.37. The van der Waals surface area contributed by atoms with Gasteiger partial charge in [0, 0.05) is 19.2 Å². The Morgan fingerprint density at radius 1 is 1.38 bits per heavy atom. The summed E-state index contributed by atoms with van der Waals surface area (Å²) in [6, 6.07) is 0.745. The number of hydrogen-bond acceptors (Lipinski definition) is 2. The van der Waals surface area contributed by atoms with E-state index in [2.05, 4.69) is 25.7 Å². The van der Waals surface area contributed by atoms with E-state index in [4.69, 9.17) is 4.74 Å². The zero-order valence-electron chi connectivity index (χ0n) is 9.25. The SMILES string of the molecule is CCOCCN1CCC[C@@H](C)[C@@H]1C. The van der Waals surface area contributed by atoms with E-state index in [1.807, 2.05) is 0 Å². The summed E-state index contributed by atoms with van der Waals surface area (Å²) in [5.74, 6) is 0.857. The smallest absolute Gasteiger partial charge is 0.0593 e. The van der Waals surface area contributed by atoms with E-state index in [-0.39, 0.29) is 0 Å². The monoisotopic (exact) mass is 185 g/mol. The third-order valence-electron chi connectivity index (χ3n) is 3.23. The van der Waals surface area contributed by atoms with Crippen LogP contribution in [0.3, 0.4) is 0 Å². The molecule has 1 aliphatic heterocycles. The Hall–Kier alpha value is -0.0800. The average Bonchev–Trinajstić information content (AvgIpc) is 2.13. The normalized spacial score (nSPS) is 30.7. The molecule has 1 heterocycles. The molecule has 2 nitrogen and oxygen atoms in total. The van der Waals surface area contributed by atoms with Crippen LogP contribution in [-0.4, -0.2) is 37.2 Å². The molecule has 0 saturated carbocycles. The first-order valence-corrected chi connectivity index (χ1v) is 5.57. The maximum atomic E-state index is 5.38. The molecule has 2 atom stereocenters. The molecule has 0 aromatic carbocycles. The molecule has 0 unspecified atom stereocenters. The molecule has 1 aliphatic rings. The van der Waals surface area contributed by atoms with Gasteiger partial charge in [-0.2, -0.15) is 0 Å². The third kappa shape index (κ3) is 3.28. The van der Waals surface area contributed by atoms with E-state index in [1.54, 1.807) is 0 Å². The third-order valence-corrected chi connectivity index (χ3v) is 3.23. The fourth-order valence-corrected chi connectivity index (χ4v) is 2.06. The Morgan fingerprint density at radius 3 is 2.85 bits per heavy atom. The number of piperidine rings is 1. The Bertz CT molecular complexity index is 138. The molecule has 0 aliphatic carbocycles. The molecule has 0 aromatic rings. The lowest BCUT2D eigenvalue weighted by molar-refractivity contribution is 0.0626. The average molecular weight is 185 g/mol. The first-order chi connectivity index (χ1) is 6.25. The standard InChI is InChI=1S/C11H23NO/c1-4-13-9-8-12-7-5-6-10(2)11(12)3/h10-11H,4-9H2,1-3H3/t10-,11+/m1/s1. The number of hydrogen-bond donors (Lipinski definition) is 0. The lowest BCUT2D eigenvalue weighted by Crippen LogP contribution is -2.43. The van der Waals surface area contributed by atoms with Gasteiger partial charge < -0.3 is 4.74 Å². The molecule has 0 N–H and O–H groups in total. The molecule has 2 heteroatoms. The molecule has 0 radical (unpaired) electrons. The predicted molar refractivity (Wildman–Crippen MR) is 55.9 cm³/mol. The van der Waals surface area contributed by atoms with Crippen LogP contribution in [-0.2, 0) is 4.74 Å².